The maximum absolute atomic E-state index is 12.6. The predicted molar refractivity (Wildman–Crippen MR) is 84.0 cm³/mol. The third kappa shape index (κ3) is 3.41. The fraction of sp³-hybridized carbons (Fsp3) is 0.611. The number of benzene rings is 1. The summed E-state index contributed by atoms with van der Waals surface area (Å²) in [5, 5.41) is 0. The molecule has 2 nitrogen and oxygen atoms in total. The number of amides is 1. The summed E-state index contributed by atoms with van der Waals surface area (Å²) in [6.45, 7) is 12.8. The Hall–Kier alpha value is -1.31. The van der Waals surface area contributed by atoms with E-state index >= 15 is 0 Å². The quantitative estimate of drug-likeness (QED) is 0.754. The molecule has 1 fully saturated rings. The van der Waals surface area contributed by atoms with Gasteiger partial charge in [0, 0.05) is 18.7 Å². The molecule has 0 spiro atoms. The lowest BCUT2D eigenvalue weighted by Gasteiger charge is -2.35. The molecule has 2 rings (SSSR count). The third-order valence-electron chi connectivity index (χ3n) is 4.15. The molecule has 0 N–H and O–H groups in total. The van der Waals surface area contributed by atoms with E-state index in [-0.39, 0.29) is 11.3 Å². The number of hydrogen-bond acceptors (Lipinski definition) is 1. The van der Waals surface area contributed by atoms with E-state index in [1.807, 2.05) is 17.0 Å². The molecule has 1 aliphatic heterocycles. The van der Waals surface area contributed by atoms with E-state index in [9.17, 15) is 4.79 Å². The van der Waals surface area contributed by atoms with Crippen molar-refractivity contribution in [2.75, 3.05) is 13.1 Å². The summed E-state index contributed by atoms with van der Waals surface area (Å²) in [5.74, 6) is 1.40. The maximum Gasteiger partial charge on any atom is 0.253 e. The molecule has 1 saturated heterocycles. The molecule has 1 aromatic carbocycles. The second kappa shape index (κ2) is 5.59. The SMILES string of the molecule is C[C@H]1C[C@H](C)CN(C(=O)c2ccc(C(C)(C)C)cc2)C1. The molecule has 0 bridgehead atoms. The first-order valence-corrected chi connectivity index (χ1v) is 7.67. The number of carbonyl (C=O) groups excluding carboxylic acids is 1. The molecule has 2 heteroatoms. The normalized spacial score (nSPS) is 23.8. The zero-order valence-corrected chi connectivity index (χ0v) is 13.4. The monoisotopic (exact) mass is 273 g/mol. The van der Waals surface area contributed by atoms with Crippen molar-refractivity contribution >= 4 is 5.91 Å². The van der Waals surface area contributed by atoms with Crippen molar-refractivity contribution in [2.45, 2.75) is 46.5 Å². The van der Waals surface area contributed by atoms with Gasteiger partial charge < -0.3 is 4.90 Å². The molecule has 0 aliphatic carbocycles. The van der Waals surface area contributed by atoms with Gasteiger partial charge >= 0.3 is 0 Å². The van der Waals surface area contributed by atoms with E-state index in [4.69, 9.17) is 0 Å². The Labute approximate surface area is 123 Å². The highest BCUT2D eigenvalue weighted by atomic mass is 16.2. The molecule has 0 radical (unpaired) electrons. The minimum absolute atomic E-state index is 0.135. The van der Waals surface area contributed by atoms with Crippen LogP contribution in [0, 0.1) is 11.8 Å². The van der Waals surface area contributed by atoms with Crippen LogP contribution >= 0.6 is 0 Å². The van der Waals surface area contributed by atoms with E-state index in [0.717, 1.165) is 18.7 Å². The van der Waals surface area contributed by atoms with Crippen LogP contribution in [0.2, 0.25) is 0 Å². The van der Waals surface area contributed by atoms with E-state index < -0.39 is 0 Å². The summed E-state index contributed by atoms with van der Waals surface area (Å²) in [6, 6.07) is 8.13. The second-order valence-electron chi connectivity index (χ2n) is 7.48. The zero-order chi connectivity index (χ0) is 14.9. The lowest BCUT2D eigenvalue weighted by atomic mass is 9.86. The Kier molecular flexibility index (Phi) is 4.22. The van der Waals surface area contributed by atoms with Crippen LogP contribution in [0.3, 0.4) is 0 Å². The molecule has 1 heterocycles. The summed E-state index contributed by atoms with van der Waals surface area (Å²) in [6.07, 6.45) is 1.23. The van der Waals surface area contributed by atoms with E-state index in [1.54, 1.807) is 0 Å². The number of nitrogens with zero attached hydrogens (tertiary/aromatic N) is 1. The van der Waals surface area contributed by atoms with Gasteiger partial charge in [-0.2, -0.15) is 0 Å². The van der Waals surface area contributed by atoms with Crippen molar-refractivity contribution in [1.82, 2.24) is 4.90 Å². The molecule has 0 saturated carbocycles. The molecular formula is C18H27NO. The van der Waals surface area contributed by atoms with Crippen molar-refractivity contribution in [3.63, 3.8) is 0 Å². The van der Waals surface area contributed by atoms with Crippen LogP contribution in [0.15, 0.2) is 24.3 Å². The number of rotatable bonds is 1. The molecule has 1 aliphatic rings. The Bertz CT molecular complexity index is 459. The van der Waals surface area contributed by atoms with Gasteiger partial charge in [-0.3, -0.25) is 4.79 Å². The lowest BCUT2D eigenvalue weighted by molar-refractivity contribution is 0.0623. The van der Waals surface area contributed by atoms with Gasteiger partial charge in [-0.1, -0.05) is 46.8 Å². The Balaban J connectivity index is 2.13. The van der Waals surface area contributed by atoms with Gasteiger partial charge in [0.2, 0.25) is 0 Å². The average molecular weight is 273 g/mol. The first-order valence-electron chi connectivity index (χ1n) is 7.67. The maximum atomic E-state index is 12.6. The second-order valence-corrected chi connectivity index (χ2v) is 7.48. The number of carbonyl (C=O) groups is 1. The summed E-state index contributed by atoms with van der Waals surface area (Å²) in [5.41, 5.74) is 2.23. The van der Waals surface area contributed by atoms with Gasteiger partial charge in [-0.25, -0.2) is 0 Å². The van der Waals surface area contributed by atoms with E-state index in [1.165, 1.54) is 12.0 Å². The summed E-state index contributed by atoms with van der Waals surface area (Å²) in [7, 11) is 0. The van der Waals surface area contributed by atoms with Crippen molar-refractivity contribution in [2.24, 2.45) is 11.8 Å². The topological polar surface area (TPSA) is 20.3 Å². The molecule has 20 heavy (non-hydrogen) atoms. The van der Waals surface area contributed by atoms with Crippen molar-refractivity contribution in [1.29, 1.82) is 0 Å². The first kappa shape index (κ1) is 15.1. The summed E-state index contributed by atoms with van der Waals surface area (Å²) < 4.78 is 0. The highest BCUT2D eigenvalue weighted by molar-refractivity contribution is 5.94. The molecule has 2 atom stereocenters. The predicted octanol–water partition coefficient (Wildman–Crippen LogP) is 4.10. The van der Waals surface area contributed by atoms with E-state index in [2.05, 4.69) is 46.8 Å². The van der Waals surface area contributed by atoms with Crippen LogP contribution in [0.1, 0.15) is 57.0 Å². The van der Waals surface area contributed by atoms with Crippen molar-refractivity contribution < 1.29 is 4.79 Å². The van der Waals surface area contributed by atoms with E-state index in [0.29, 0.717) is 11.8 Å². The zero-order valence-electron chi connectivity index (χ0n) is 13.4. The highest BCUT2D eigenvalue weighted by Crippen LogP contribution is 2.25. The Morgan fingerprint density at radius 3 is 2.00 bits per heavy atom. The summed E-state index contributed by atoms with van der Waals surface area (Å²) in [4.78, 5) is 14.6. The van der Waals surface area contributed by atoms with Crippen molar-refractivity contribution in [3.8, 4) is 0 Å². The standard InChI is InChI=1S/C18H27NO/c1-13-10-14(2)12-19(11-13)17(20)15-6-8-16(9-7-15)18(3,4)5/h6-9,13-14H,10-12H2,1-5H3/t13-,14-/m0/s1. The third-order valence-corrected chi connectivity index (χ3v) is 4.15. The van der Waals surface area contributed by atoms with Gasteiger partial charge in [0.05, 0.1) is 0 Å². The van der Waals surface area contributed by atoms with Crippen molar-refractivity contribution in [3.05, 3.63) is 35.4 Å². The van der Waals surface area contributed by atoms with Crippen LogP contribution in [0.5, 0.6) is 0 Å². The summed E-state index contributed by atoms with van der Waals surface area (Å²) >= 11 is 0. The van der Waals surface area contributed by atoms with Gasteiger partial charge in [0.1, 0.15) is 0 Å². The smallest absolute Gasteiger partial charge is 0.253 e. The largest absolute Gasteiger partial charge is 0.338 e. The number of likely N-dealkylation sites (tertiary alicyclic amines) is 1. The van der Waals surface area contributed by atoms with Crippen LogP contribution in [-0.4, -0.2) is 23.9 Å². The van der Waals surface area contributed by atoms with Gasteiger partial charge in [-0.05, 0) is 41.4 Å². The van der Waals surface area contributed by atoms with Gasteiger partial charge in [0.15, 0.2) is 0 Å². The molecule has 0 unspecified atom stereocenters. The minimum Gasteiger partial charge on any atom is -0.338 e. The van der Waals surface area contributed by atoms with Crippen LogP contribution in [0.25, 0.3) is 0 Å². The number of hydrogen-bond donors (Lipinski definition) is 0. The fourth-order valence-corrected chi connectivity index (χ4v) is 3.12. The fourth-order valence-electron chi connectivity index (χ4n) is 3.12. The molecule has 0 aromatic heterocycles. The highest BCUT2D eigenvalue weighted by Gasteiger charge is 2.26. The van der Waals surface area contributed by atoms with Gasteiger partial charge in [0.25, 0.3) is 5.91 Å². The molecule has 1 aromatic rings. The first-order chi connectivity index (χ1) is 9.27. The van der Waals surface area contributed by atoms with Gasteiger partial charge in [-0.15, -0.1) is 0 Å². The van der Waals surface area contributed by atoms with Crippen LogP contribution in [0.4, 0.5) is 0 Å². The van der Waals surface area contributed by atoms with Crippen LogP contribution < -0.4 is 0 Å². The Morgan fingerprint density at radius 2 is 1.55 bits per heavy atom. The average Bonchev–Trinajstić information content (AvgIpc) is 2.36. The molecule has 1 amide bonds. The molecule has 110 valence electrons. The van der Waals surface area contributed by atoms with Crippen LogP contribution in [-0.2, 0) is 5.41 Å². The molecular weight excluding hydrogens is 246 g/mol. The number of piperidine rings is 1. The minimum atomic E-state index is 0.135. The lowest BCUT2D eigenvalue weighted by Crippen LogP contribution is -2.42. The Morgan fingerprint density at radius 1 is 1.05 bits per heavy atom.